The van der Waals surface area contributed by atoms with Gasteiger partial charge in [0.25, 0.3) is 0 Å². The van der Waals surface area contributed by atoms with Crippen molar-refractivity contribution in [3.8, 4) is 6.07 Å². The van der Waals surface area contributed by atoms with Gasteiger partial charge in [0.05, 0.1) is 42.4 Å². The predicted octanol–water partition coefficient (Wildman–Crippen LogP) is 0.820. The summed E-state index contributed by atoms with van der Waals surface area (Å²) in [6, 6.07) is 11.7. The fraction of sp³-hybridized carbons (Fsp3) is 0.375. The average Bonchev–Trinajstić information content (AvgIpc) is 2.95. The number of nitriles is 1. The quantitative estimate of drug-likeness (QED) is 0.866. The monoisotopic (exact) mass is 345 g/mol. The zero-order chi connectivity index (χ0) is 17.2. The van der Waals surface area contributed by atoms with Crippen molar-refractivity contribution in [3.63, 3.8) is 0 Å². The second-order valence-electron chi connectivity index (χ2n) is 5.96. The highest BCUT2D eigenvalue weighted by molar-refractivity contribution is 7.88. The third-order valence-electron chi connectivity index (χ3n) is 3.93. The van der Waals surface area contributed by atoms with E-state index in [1.165, 1.54) is 5.56 Å². The van der Waals surface area contributed by atoms with Crippen LogP contribution < -0.4 is 4.72 Å². The zero-order valence-electron chi connectivity index (χ0n) is 13.4. The molecule has 0 aliphatic carbocycles. The molecule has 8 heteroatoms. The maximum absolute atomic E-state index is 11.2. The molecule has 0 bridgehead atoms. The minimum Gasteiger partial charge on any atom is -0.291 e. The molecule has 1 N–H and O–H groups in total. The van der Waals surface area contributed by atoms with E-state index in [-0.39, 0.29) is 6.54 Å². The summed E-state index contributed by atoms with van der Waals surface area (Å²) in [7, 11) is -3.21. The van der Waals surface area contributed by atoms with Crippen LogP contribution in [0.25, 0.3) is 0 Å². The van der Waals surface area contributed by atoms with Crippen LogP contribution in [0.3, 0.4) is 0 Å². The minimum absolute atomic E-state index is 0.217. The highest BCUT2D eigenvalue weighted by Crippen LogP contribution is 2.16. The van der Waals surface area contributed by atoms with E-state index in [1.807, 2.05) is 35.0 Å². The van der Waals surface area contributed by atoms with Gasteiger partial charge in [-0.25, -0.2) is 13.1 Å². The summed E-state index contributed by atoms with van der Waals surface area (Å²) in [5.41, 5.74) is 3.65. The van der Waals surface area contributed by atoms with Gasteiger partial charge in [-0.15, -0.1) is 0 Å². The van der Waals surface area contributed by atoms with Crippen molar-refractivity contribution in [2.24, 2.45) is 0 Å². The van der Waals surface area contributed by atoms with Gasteiger partial charge in [-0.2, -0.15) is 10.4 Å². The smallest absolute Gasteiger partial charge is 0.209 e. The number of hydrogen-bond acceptors (Lipinski definition) is 5. The molecule has 0 spiro atoms. The molecule has 1 aromatic heterocycles. The Bertz CT molecular complexity index is 865. The number of rotatable bonds is 5. The van der Waals surface area contributed by atoms with Gasteiger partial charge >= 0.3 is 0 Å². The lowest BCUT2D eigenvalue weighted by Gasteiger charge is -2.27. The Balaban J connectivity index is 1.63. The molecule has 7 nitrogen and oxygen atoms in total. The second-order valence-corrected chi connectivity index (χ2v) is 7.80. The Morgan fingerprint density at radius 1 is 1.29 bits per heavy atom. The number of nitrogens with zero attached hydrogens (tertiary/aromatic N) is 4. The molecule has 1 aliphatic heterocycles. The molecule has 0 saturated heterocycles. The molecule has 0 fully saturated rings. The largest absolute Gasteiger partial charge is 0.291 e. The Morgan fingerprint density at radius 2 is 2.04 bits per heavy atom. The van der Waals surface area contributed by atoms with Gasteiger partial charge in [-0.1, -0.05) is 12.1 Å². The lowest BCUT2D eigenvalue weighted by molar-refractivity contribution is 0.205. The number of hydrogen-bond donors (Lipinski definition) is 1. The van der Waals surface area contributed by atoms with E-state index < -0.39 is 10.0 Å². The molecule has 1 aliphatic rings. The van der Waals surface area contributed by atoms with Crippen LogP contribution in [0.4, 0.5) is 0 Å². The number of fused-ring (bicyclic) bond motifs is 1. The third kappa shape index (κ3) is 4.20. The molecule has 0 amide bonds. The van der Waals surface area contributed by atoms with Crippen molar-refractivity contribution in [2.45, 2.75) is 26.2 Å². The van der Waals surface area contributed by atoms with E-state index in [9.17, 15) is 8.42 Å². The molecule has 126 valence electrons. The van der Waals surface area contributed by atoms with Gasteiger partial charge in [-0.05, 0) is 23.8 Å². The summed E-state index contributed by atoms with van der Waals surface area (Å²) in [4.78, 5) is 2.31. The van der Waals surface area contributed by atoms with Crippen molar-refractivity contribution in [1.82, 2.24) is 19.4 Å². The summed E-state index contributed by atoms with van der Waals surface area (Å²) in [5, 5.41) is 13.3. The van der Waals surface area contributed by atoms with Crippen LogP contribution in [0.15, 0.2) is 30.3 Å². The molecule has 24 heavy (non-hydrogen) atoms. The van der Waals surface area contributed by atoms with Crippen LogP contribution in [0.5, 0.6) is 0 Å². The molecule has 0 unspecified atom stereocenters. The van der Waals surface area contributed by atoms with E-state index in [1.54, 1.807) is 0 Å². The van der Waals surface area contributed by atoms with Gasteiger partial charge in [0.2, 0.25) is 10.0 Å². The van der Waals surface area contributed by atoms with Gasteiger partial charge in [0, 0.05) is 19.6 Å². The van der Waals surface area contributed by atoms with E-state index in [2.05, 4.69) is 20.8 Å². The maximum Gasteiger partial charge on any atom is 0.209 e. The maximum atomic E-state index is 11.2. The summed E-state index contributed by atoms with van der Waals surface area (Å²) >= 11 is 0. The molecular weight excluding hydrogens is 326 g/mol. The van der Waals surface area contributed by atoms with Crippen LogP contribution in [-0.2, 0) is 36.2 Å². The second kappa shape index (κ2) is 6.73. The van der Waals surface area contributed by atoms with Crippen LogP contribution in [-0.4, -0.2) is 35.9 Å². The SMILES string of the molecule is CS(=O)(=O)NCc1cc2n(n1)CCN(Cc1ccc(C#N)cc1)C2. The lowest BCUT2D eigenvalue weighted by atomic mass is 10.1. The molecule has 3 rings (SSSR count). The number of aromatic nitrogens is 2. The van der Waals surface area contributed by atoms with E-state index >= 15 is 0 Å². The average molecular weight is 345 g/mol. The molecule has 2 aromatic rings. The zero-order valence-corrected chi connectivity index (χ0v) is 14.3. The molecule has 0 atom stereocenters. The van der Waals surface area contributed by atoms with Gasteiger partial charge in [0.1, 0.15) is 0 Å². The fourth-order valence-corrected chi connectivity index (χ4v) is 3.16. The summed E-state index contributed by atoms with van der Waals surface area (Å²) in [5.74, 6) is 0. The minimum atomic E-state index is -3.21. The Labute approximate surface area is 141 Å². The van der Waals surface area contributed by atoms with Crippen molar-refractivity contribution in [3.05, 3.63) is 52.8 Å². The topological polar surface area (TPSA) is 91.0 Å². The normalized spacial score (nSPS) is 15.0. The first-order valence-corrected chi connectivity index (χ1v) is 9.54. The number of sulfonamides is 1. The first-order valence-electron chi connectivity index (χ1n) is 7.64. The van der Waals surface area contributed by atoms with Crippen LogP contribution in [0.2, 0.25) is 0 Å². The Hall–Kier alpha value is -2.21. The summed E-state index contributed by atoms with van der Waals surface area (Å²) < 4.78 is 26.8. The molecule has 2 heterocycles. The highest BCUT2D eigenvalue weighted by atomic mass is 32.2. The fourth-order valence-electron chi connectivity index (χ4n) is 2.75. The molecule has 0 saturated carbocycles. The summed E-state index contributed by atoms with van der Waals surface area (Å²) in [6.07, 6.45) is 1.14. The van der Waals surface area contributed by atoms with E-state index in [0.29, 0.717) is 5.56 Å². The van der Waals surface area contributed by atoms with Crippen molar-refractivity contribution in [2.75, 3.05) is 12.8 Å². The van der Waals surface area contributed by atoms with Crippen LogP contribution in [0, 0.1) is 11.3 Å². The first-order chi connectivity index (χ1) is 11.4. The van der Waals surface area contributed by atoms with Crippen molar-refractivity contribution < 1.29 is 8.42 Å². The van der Waals surface area contributed by atoms with Crippen LogP contribution in [0.1, 0.15) is 22.5 Å². The molecular formula is C16H19N5O2S. The van der Waals surface area contributed by atoms with E-state index in [0.717, 1.165) is 43.8 Å². The van der Waals surface area contributed by atoms with Crippen molar-refractivity contribution >= 4 is 10.0 Å². The standard InChI is InChI=1S/C16H19N5O2S/c1-24(22,23)18-10-15-8-16-12-20(6-7-21(16)19-15)11-14-4-2-13(9-17)3-5-14/h2-5,8,18H,6-7,10-12H2,1H3. The number of benzene rings is 1. The predicted molar refractivity (Wildman–Crippen MR) is 89.2 cm³/mol. The number of nitrogens with one attached hydrogen (secondary N) is 1. The lowest BCUT2D eigenvalue weighted by Crippen LogP contribution is -2.33. The molecule has 0 radical (unpaired) electrons. The first kappa shape index (κ1) is 16.6. The highest BCUT2D eigenvalue weighted by Gasteiger charge is 2.18. The van der Waals surface area contributed by atoms with Gasteiger partial charge in [-0.3, -0.25) is 9.58 Å². The van der Waals surface area contributed by atoms with Crippen LogP contribution >= 0.6 is 0 Å². The third-order valence-corrected chi connectivity index (χ3v) is 4.60. The van der Waals surface area contributed by atoms with Crippen molar-refractivity contribution in [1.29, 1.82) is 5.26 Å². The summed E-state index contributed by atoms with van der Waals surface area (Å²) in [6.45, 7) is 3.46. The Kier molecular flexibility index (Phi) is 4.66. The van der Waals surface area contributed by atoms with E-state index in [4.69, 9.17) is 5.26 Å². The van der Waals surface area contributed by atoms with Gasteiger partial charge < -0.3 is 0 Å². The van der Waals surface area contributed by atoms with Gasteiger partial charge in [0.15, 0.2) is 0 Å². The molecule has 1 aromatic carbocycles. The Morgan fingerprint density at radius 3 is 2.71 bits per heavy atom.